The van der Waals surface area contributed by atoms with Crippen LogP contribution in [0.25, 0.3) is 10.2 Å². The Balaban J connectivity index is 0.00000341. The minimum absolute atomic E-state index is 0. The van der Waals surface area contributed by atoms with Gasteiger partial charge in [0, 0.05) is 25.7 Å². The van der Waals surface area contributed by atoms with Crippen molar-refractivity contribution < 1.29 is 22.7 Å². The SMILES string of the molecule is CCn1nc(C)cc1C(=O)N(CCN(C)C)c1nc2ccc(OC(F)(F)F)cc2s1.Cl. The van der Waals surface area contributed by atoms with Crippen LogP contribution in [0.2, 0.25) is 0 Å². The highest BCUT2D eigenvalue weighted by molar-refractivity contribution is 7.22. The predicted octanol–water partition coefficient (Wildman–Crippen LogP) is 4.35. The first-order valence-electron chi connectivity index (χ1n) is 9.24. The number of thiazole rings is 1. The fourth-order valence-corrected chi connectivity index (χ4v) is 3.90. The van der Waals surface area contributed by atoms with Crippen LogP contribution in [0.1, 0.15) is 23.1 Å². The Morgan fingerprint density at radius 1 is 1.23 bits per heavy atom. The molecule has 0 aliphatic rings. The lowest BCUT2D eigenvalue weighted by Crippen LogP contribution is -2.37. The molecule has 0 spiro atoms. The molecule has 0 radical (unpaired) electrons. The van der Waals surface area contributed by atoms with Crippen molar-refractivity contribution in [3.05, 3.63) is 35.7 Å². The zero-order valence-corrected chi connectivity index (χ0v) is 19.1. The van der Waals surface area contributed by atoms with Gasteiger partial charge in [0.2, 0.25) is 0 Å². The number of carbonyl (C=O) groups is 1. The summed E-state index contributed by atoms with van der Waals surface area (Å²) in [5.41, 5.74) is 1.66. The number of alkyl halides is 3. The summed E-state index contributed by atoms with van der Waals surface area (Å²) < 4.78 is 43.7. The van der Waals surface area contributed by atoms with Crippen LogP contribution in [-0.2, 0) is 6.54 Å². The molecule has 0 aliphatic heterocycles. The molecule has 12 heteroatoms. The average molecular weight is 478 g/mol. The predicted molar refractivity (Wildman–Crippen MR) is 116 cm³/mol. The smallest absolute Gasteiger partial charge is 0.406 e. The number of hydrogen-bond acceptors (Lipinski definition) is 6. The molecule has 0 saturated carbocycles. The molecule has 3 rings (SSSR count). The Morgan fingerprint density at radius 3 is 2.55 bits per heavy atom. The van der Waals surface area contributed by atoms with Gasteiger partial charge in [0.1, 0.15) is 11.4 Å². The van der Waals surface area contributed by atoms with Crippen molar-refractivity contribution in [2.45, 2.75) is 26.8 Å². The van der Waals surface area contributed by atoms with E-state index in [4.69, 9.17) is 0 Å². The molecule has 0 aliphatic carbocycles. The van der Waals surface area contributed by atoms with Gasteiger partial charge < -0.3 is 9.64 Å². The van der Waals surface area contributed by atoms with Crippen LogP contribution in [0, 0.1) is 6.92 Å². The molecule has 0 N–H and O–H groups in total. The van der Waals surface area contributed by atoms with Crippen molar-refractivity contribution >= 4 is 45.0 Å². The van der Waals surface area contributed by atoms with E-state index < -0.39 is 6.36 Å². The molecule has 1 amide bonds. The van der Waals surface area contributed by atoms with E-state index in [0.29, 0.717) is 40.7 Å². The standard InChI is InChI=1S/C19H22F3N5O2S.ClH/c1-5-27-15(10-12(2)24-27)17(28)26(9-8-25(3)4)18-23-14-7-6-13(11-16(14)30-18)29-19(20,21)22;/h6-7,10-11H,5,8-9H2,1-4H3;1H. The van der Waals surface area contributed by atoms with E-state index in [1.807, 2.05) is 32.8 Å². The number of carbonyl (C=O) groups excluding carboxylic acids is 1. The van der Waals surface area contributed by atoms with Crippen molar-refractivity contribution in [3.8, 4) is 5.75 Å². The molecule has 31 heavy (non-hydrogen) atoms. The summed E-state index contributed by atoms with van der Waals surface area (Å²) in [7, 11) is 3.78. The van der Waals surface area contributed by atoms with Gasteiger partial charge in [-0.25, -0.2) is 4.98 Å². The zero-order valence-electron chi connectivity index (χ0n) is 17.4. The molecule has 2 aromatic heterocycles. The first-order valence-corrected chi connectivity index (χ1v) is 10.1. The van der Waals surface area contributed by atoms with Gasteiger partial charge >= 0.3 is 6.36 Å². The summed E-state index contributed by atoms with van der Waals surface area (Å²) in [5, 5.41) is 4.73. The Hall–Kier alpha value is -2.37. The molecule has 0 saturated heterocycles. The van der Waals surface area contributed by atoms with Gasteiger partial charge in [0.05, 0.1) is 15.9 Å². The Bertz CT molecular complexity index is 1050. The van der Waals surface area contributed by atoms with Gasteiger partial charge in [-0.1, -0.05) is 11.3 Å². The van der Waals surface area contributed by atoms with E-state index in [0.717, 1.165) is 17.0 Å². The molecule has 170 valence electrons. The normalized spacial score (nSPS) is 11.6. The Labute approximate surface area is 187 Å². The highest BCUT2D eigenvalue weighted by atomic mass is 35.5. The first kappa shape index (κ1) is 24.9. The lowest BCUT2D eigenvalue weighted by Gasteiger charge is -2.22. The number of anilines is 1. The summed E-state index contributed by atoms with van der Waals surface area (Å²) in [6.07, 6.45) is -4.77. The van der Waals surface area contributed by atoms with E-state index in [2.05, 4.69) is 14.8 Å². The summed E-state index contributed by atoms with van der Waals surface area (Å²) in [4.78, 5) is 21.3. The van der Waals surface area contributed by atoms with Gasteiger partial charge in [0.25, 0.3) is 5.91 Å². The largest absolute Gasteiger partial charge is 0.573 e. The van der Waals surface area contributed by atoms with Gasteiger partial charge in [0.15, 0.2) is 5.13 Å². The van der Waals surface area contributed by atoms with Crippen LogP contribution in [-0.4, -0.2) is 59.1 Å². The highest BCUT2D eigenvalue weighted by Gasteiger charge is 2.31. The van der Waals surface area contributed by atoms with Crippen molar-refractivity contribution in [2.75, 3.05) is 32.1 Å². The second-order valence-electron chi connectivity index (χ2n) is 6.92. The number of benzene rings is 1. The number of halogens is 4. The van der Waals surface area contributed by atoms with Gasteiger partial charge in [-0.3, -0.25) is 14.4 Å². The molecular formula is C19H23ClF3N5O2S. The van der Waals surface area contributed by atoms with Crippen molar-refractivity contribution in [2.24, 2.45) is 0 Å². The van der Waals surface area contributed by atoms with Crippen LogP contribution in [0.4, 0.5) is 18.3 Å². The van der Waals surface area contributed by atoms with Crippen LogP contribution in [0.15, 0.2) is 24.3 Å². The minimum atomic E-state index is -4.77. The number of hydrogen-bond donors (Lipinski definition) is 0. The molecule has 0 atom stereocenters. The zero-order chi connectivity index (χ0) is 22.1. The number of rotatable bonds is 7. The van der Waals surface area contributed by atoms with Gasteiger partial charge in [-0.05, 0) is 46.1 Å². The molecular weight excluding hydrogens is 455 g/mol. The topological polar surface area (TPSA) is 63.5 Å². The van der Waals surface area contributed by atoms with Crippen molar-refractivity contribution in [1.82, 2.24) is 19.7 Å². The van der Waals surface area contributed by atoms with Crippen LogP contribution in [0.3, 0.4) is 0 Å². The van der Waals surface area contributed by atoms with Crippen molar-refractivity contribution in [3.63, 3.8) is 0 Å². The molecule has 3 aromatic rings. The summed E-state index contributed by atoms with van der Waals surface area (Å²) in [6, 6.07) is 5.66. The summed E-state index contributed by atoms with van der Waals surface area (Å²) >= 11 is 1.14. The molecule has 2 heterocycles. The quantitative estimate of drug-likeness (QED) is 0.506. The fraction of sp³-hybridized carbons (Fsp3) is 0.421. The maximum Gasteiger partial charge on any atom is 0.573 e. The van der Waals surface area contributed by atoms with E-state index >= 15 is 0 Å². The first-order chi connectivity index (χ1) is 14.1. The number of ether oxygens (including phenoxy) is 1. The lowest BCUT2D eigenvalue weighted by atomic mass is 10.3. The Kier molecular flexibility index (Phi) is 7.90. The molecule has 0 bridgehead atoms. The van der Waals surface area contributed by atoms with Crippen LogP contribution >= 0.6 is 23.7 Å². The third-order valence-electron chi connectivity index (χ3n) is 4.25. The van der Waals surface area contributed by atoms with E-state index in [1.165, 1.54) is 23.1 Å². The highest BCUT2D eigenvalue weighted by Crippen LogP contribution is 2.33. The molecule has 1 aromatic carbocycles. The second kappa shape index (κ2) is 9.84. The summed E-state index contributed by atoms with van der Waals surface area (Å²) in [6.45, 7) is 5.20. The number of likely N-dealkylation sites (N-methyl/N-ethyl adjacent to an activating group) is 1. The number of aromatic nitrogens is 3. The third-order valence-corrected chi connectivity index (χ3v) is 5.29. The van der Waals surface area contributed by atoms with Crippen molar-refractivity contribution in [1.29, 1.82) is 0 Å². The third kappa shape index (κ3) is 6.08. The van der Waals surface area contributed by atoms with E-state index in [1.54, 1.807) is 10.7 Å². The van der Waals surface area contributed by atoms with Crippen LogP contribution < -0.4 is 9.64 Å². The monoisotopic (exact) mass is 477 g/mol. The summed E-state index contributed by atoms with van der Waals surface area (Å²) in [5.74, 6) is -0.582. The Morgan fingerprint density at radius 2 is 1.94 bits per heavy atom. The van der Waals surface area contributed by atoms with Gasteiger partial charge in [-0.15, -0.1) is 25.6 Å². The number of nitrogens with zero attached hydrogens (tertiary/aromatic N) is 5. The second-order valence-corrected chi connectivity index (χ2v) is 7.93. The number of fused-ring (bicyclic) bond motifs is 1. The molecule has 0 unspecified atom stereocenters. The van der Waals surface area contributed by atoms with Gasteiger partial charge in [-0.2, -0.15) is 5.10 Å². The maximum absolute atomic E-state index is 13.3. The maximum atomic E-state index is 13.3. The van der Waals surface area contributed by atoms with E-state index in [-0.39, 0.29) is 24.1 Å². The number of aryl methyl sites for hydroxylation is 2. The number of amides is 1. The van der Waals surface area contributed by atoms with Crippen LogP contribution in [0.5, 0.6) is 5.75 Å². The fourth-order valence-electron chi connectivity index (χ4n) is 2.89. The molecule has 0 fully saturated rings. The van der Waals surface area contributed by atoms with E-state index in [9.17, 15) is 18.0 Å². The lowest BCUT2D eigenvalue weighted by molar-refractivity contribution is -0.274. The molecule has 7 nitrogen and oxygen atoms in total. The average Bonchev–Trinajstić information content (AvgIpc) is 3.22. The minimum Gasteiger partial charge on any atom is -0.406 e.